The van der Waals surface area contributed by atoms with Crippen LogP contribution in [0.3, 0.4) is 0 Å². The highest BCUT2D eigenvalue weighted by Gasteiger charge is 2.32. The average Bonchev–Trinajstić information content (AvgIpc) is 3.01. The van der Waals surface area contributed by atoms with Gasteiger partial charge in [-0.05, 0) is 58.8 Å². The second-order valence-corrected chi connectivity index (χ2v) is 11.4. The van der Waals surface area contributed by atoms with Gasteiger partial charge in [-0.2, -0.15) is 5.26 Å². The zero-order valence-corrected chi connectivity index (χ0v) is 19.7. The molecule has 0 radical (unpaired) electrons. The molecule has 30 heavy (non-hydrogen) atoms. The Morgan fingerprint density at radius 1 is 1.17 bits per heavy atom. The minimum atomic E-state index is -0.197. The van der Waals surface area contributed by atoms with Crippen molar-refractivity contribution < 1.29 is 4.79 Å². The van der Waals surface area contributed by atoms with Gasteiger partial charge < -0.3 is 5.32 Å². The van der Waals surface area contributed by atoms with E-state index in [-0.39, 0.29) is 16.7 Å². The predicted octanol–water partition coefficient (Wildman–Crippen LogP) is 6.72. The number of anilines is 1. The number of benzene rings is 1. The smallest absolute Gasteiger partial charge is 0.249 e. The lowest BCUT2D eigenvalue weighted by Crippen LogP contribution is -2.26. The Kier molecular flexibility index (Phi) is 6.24. The summed E-state index contributed by atoms with van der Waals surface area (Å²) in [6.07, 6.45) is 6.37. The Morgan fingerprint density at radius 3 is 2.40 bits per heavy atom. The van der Waals surface area contributed by atoms with E-state index in [4.69, 9.17) is 0 Å². The van der Waals surface area contributed by atoms with Crippen molar-refractivity contribution in [3.63, 3.8) is 0 Å². The van der Waals surface area contributed by atoms with Crippen molar-refractivity contribution in [2.75, 3.05) is 5.32 Å². The highest BCUT2D eigenvalue weighted by Crippen LogP contribution is 2.44. The van der Waals surface area contributed by atoms with E-state index in [2.05, 4.69) is 65.1 Å². The molecule has 4 heteroatoms. The molecule has 0 fully saturated rings. The van der Waals surface area contributed by atoms with Crippen molar-refractivity contribution in [1.29, 1.82) is 5.26 Å². The summed E-state index contributed by atoms with van der Waals surface area (Å²) in [5.41, 5.74) is 4.40. The lowest BCUT2D eigenvalue weighted by atomic mass is 9.72. The molecule has 1 amide bonds. The molecule has 0 spiro atoms. The molecule has 158 valence electrons. The van der Waals surface area contributed by atoms with Crippen LogP contribution in [0.1, 0.15) is 75.1 Å². The molecule has 1 aromatic carbocycles. The number of carbonyl (C=O) groups excluding carboxylic acids is 1. The van der Waals surface area contributed by atoms with Gasteiger partial charge in [0.25, 0.3) is 0 Å². The maximum atomic E-state index is 12.5. The van der Waals surface area contributed by atoms with E-state index in [9.17, 15) is 10.1 Å². The summed E-state index contributed by atoms with van der Waals surface area (Å²) in [5, 5.41) is 13.3. The van der Waals surface area contributed by atoms with Gasteiger partial charge in [0.15, 0.2) is 0 Å². The molecule has 1 unspecified atom stereocenters. The number of carbonyl (C=O) groups is 1. The summed E-state index contributed by atoms with van der Waals surface area (Å²) in [5.74, 6) is 0.409. The summed E-state index contributed by atoms with van der Waals surface area (Å²) in [4.78, 5) is 13.8. The van der Waals surface area contributed by atoms with Gasteiger partial charge in [-0.15, -0.1) is 11.3 Å². The fourth-order valence-corrected chi connectivity index (χ4v) is 5.23. The highest BCUT2D eigenvalue weighted by molar-refractivity contribution is 7.16. The first kappa shape index (κ1) is 22.3. The minimum absolute atomic E-state index is 0.109. The van der Waals surface area contributed by atoms with Crippen molar-refractivity contribution >= 4 is 28.3 Å². The predicted molar refractivity (Wildman–Crippen MR) is 127 cm³/mol. The van der Waals surface area contributed by atoms with Crippen LogP contribution in [-0.4, -0.2) is 5.91 Å². The number of fused-ring (bicyclic) bond motifs is 1. The molecule has 3 rings (SSSR count). The average molecular weight is 421 g/mol. The number of hydrogen-bond donors (Lipinski definition) is 1. The second kappa shape index (κ2) is 8.40. The molecule has 0 saturated heterocycles. The summed E-state index contributed by atoms with van der Waals surface area (Å²) < 4.78 is 0. The lowest BCUT2D eigenvalue weighted by molar-refractivity contribution is -0.111. The van der Waals surface area contributed by atoms with Crippen molar-refractivity contribution in [3.8, 4) is 6.07 Å². The summed E-state index contributed by atoms with van der Waals surface area (Å²) >= 11 is 1.57. The number of hydrogen-bond acceptors (Lipinski definition) is 3. The topological polar surface area (TPSA) is 52.9 Å². The summed E-state index contributed by atoms with van der Waals surface area (Å²) in [6.45, 7) is 13.4. The molecule has 1 atom stereocenters. The fraction of sp³-hybridized carbons (Fsp3) is 0.462. The zero-order chi connectivity index (χ0) is 22.1. The Morgan fingerprint density at radius 2 is 1.83 bits per heavy atom. The Hall–Kier alpha value is -2.38. The van der Waals surface area contributed by atoms with Gasteiger partial charge in [0.2, 0.25) is 5.91 Å². The van der Waals surface area contributed by atoms with Gasteiger partial charge in [0.05, 0.1) is 5.56 Å². The zero-order valence-electron chi connectivity index (χ0n) is 18.9. The van der Waals surface area contributed by atoms with E-state index in [0.29, 0.717) is 16.5 Å². The number of nitrogens with zero attached hydrogens (tertiary/aromatic N) is 1. The van der Waals surface area contributed by atoms with E-state index >= 15 is 0 Å². The molecule has 1 aromatic heterocycles. The molecule has 2 aromatic rings. The van der Waals surface area contributed by atoms with Gasteiger partial charge in [-0.3, -0.25) is 4.79 Å². The molecule has 3 nitrogen and oxygen atoms in total. The molecule has 1 heterocycles. The van der Waals surface area contributed by atoms with Gasteiger partial charge in [0, 0.05) is 11.0 Å². The Balaban J connectivity index is 1.72. The van der Waals surface area contributed by atoms with Gasteiger partial charge >= 0.3 is 0 Å². The maximum absolute atomic E-state index is 12.5. The van der Waals surface area contributed by atoms with Crippen LogP contribution in [0.5, 0.6) is 0 Å². The SMILES string of the molecule is CC(C)(C)c1ccc(/C=C/C(=O)Nc2sc3c(c2C#N)CCC(C(C)(C)C)C3)cc1. The first-order chi connectivity index (χ1) is 14.0. The van der Waals surface area contributed by atoms with E-state index in [1.165, 1.54) is 10.4 Å². The standard InChI is InChI=1S/C26H32N2OS/c1-25(2,3)18-10-7-17(8-11-18)9-14-23(29)28-24-21(16-27)20-13-12-19(26(4,5)6)15-22(20)30-24/h7-11,14,19H,12-13,15H2,1-6H3,(H,28,29)/b14-9+. The number of amides is 1. The molecule has 0 bridgehead atoms. The molecule has 1 aliphatic carbocycles. The van der Waals surface area contributed by atoms with Crippen LogP contribution in [0.15, 0.2) is 30.3 Å². The van der Waals surface area contributed by atoms with Crippen molar-refractivity contribution in [2.24, 2.45) is 11.3 Å². The molecule has 0 aliphatic heterocycles. The highest BCUT2D eigenvalue weighted by atomic mass is 32.1. The molecular formula is C26H32N2OS. The van der Waals surface area contributed by atoms with Crippen LogP contribution in [0, 0.1) is 22.7 Å². The summed E-state index contributed by atoms with van der Waals surface area (Å²) in [7, 11) is 0. The van der Waals surface area contributed by atoms with Crippen LogP contribution >= 0.6 is 11.3 Å². The molecular weight excluding hydrogens is 388 g/mol. The van der Waals surface area contributed by atoms with Gasteiger partial charge in [0.1, 0.15) is 11.1 Å². The first-order valence-corrected chi connectivity index (χ1v) is 11.4. The van der Waals surface area contributed by atoms with E-state index in [1.54, 1.807) is 17.4 Å². The molecule has 1 aliphatic rings. The first-order valence-electron chi connectivity index (χ1n) is 10.6. The number of nitrogens with one attached hydrogen (secondary N) is 1. The second-order valence-electron chi connectivity index (χ2n) is 10.3. The van der Waals surface area contributed by atoms with Crippen molar-refractivity contribution in [1.82, 2.24) is 0 Å². The van der Waals surface area contributed by atoms with Crippen LogP contribution in [0.25, 0.3) is 6.08 Å². The molecule has 0 saturated carbocycles. The van der Waals surface area contributed by atoms with Crippen molar-refractivity contribution in [3.05, 3.63) is 57.5 Å². The monoisotopic (exact) mass is 420 g/mol. The summed E-state index contributed by atoms with van der Waals surface area (Å²) in [6, 6.07) is 10.6. The van der Waals surface area contributed by atoms with E-state index in [1.807, 2.05) is 18.2 Å². The Bertz CT molecular complexity index is 992. The van der Waals surface area contributed by atoms with Gasteiger partial charge in [-0.1, -0.05) is 65.8 Å². The van der Waals surface area contributed by atoms with Crippen molar-refractivity contribution in [2.45, 2.75) is 66.2 Å². The molecule has 1 N–H and O–H groups in total. The number of nitriles is 1. The fourth-order valence-electron chi connectivity index (χ4n) is 3.95. The maximum Gasteiger partial charge on any atom is 0.249 e. The largest absolute Gasteiger partial charge is 0.313 e. The van der Waals surface area contributed by atoms with Crippen LogP contribution in [0.2, 0.25) is 0 Å². The third kappa shape index (κ3) is 5.02. The minimum Gasteiger partial charge on any atom is -0.313 e. The van der Waals surface area contributed by atoms with E-state index < -0.39 is 0 Å². The number of thiophene rings is 1. The van der Waals surface area contributed by atoms with Crippen LogP contribution in [-0.2, 0) is 23.1 Å². The quantitative estimate of drug-likeness (QED) is 0.560. The normalized spacial score (nSPS) is 16.9. The van der Waals surface area contributed by atoms with E-state index in [0.717, 1.165) is 30.4 Å². The van der Waals surface area contributed by atoms with Crippen LogP contribution in [0.4, 0.5) is 5.00 Å². The van der Waals surface area contributed by atoms with Gasteiger partial charge in [-0.25, -0.2) is 0 Å². The lowest BCUT2D eigenvalue weighted by Gasteiger charge is -2.33. The number of rotatable bonds is 3. The third-order valence-corrected chi connectivity index (χ3v) is 7.21. The van der Waals surface area contributed by atoms with Crippen LogP contribution < -0.4 is 5.32 Å². The Labute approximate surface area is 184 Å². The third-order valence-electron chi connectivity index (χ3n) is 6.04.